The second-order valence-electron chi connectivity index (χ2n) is 7.03. The number of rotatable bonds is 3. The van der Waals surface area contributed by atoms with E-state index in [0.717, 1.165) is 12.5 Å². The van der Waals surface area contributed by atoms with Gasteiger partial charge in [0.05, 0.1) is 0 Å². The van der Waals surface area contributed by atoms with Crippen LogP contribution in [-0.2, 0) is 6.54 Å². The summed E-state index contributed by atoms with van der Waals surface area (Å²) in [6.45, 7) is 3.30. The highest BCUT2D eigenvalue weighted by Crippen LogP contribution is 2.46. The van der Waals surface area contributed by atoms with E-state index < -0.39 is 0 Å². The van der Waals surface area contributed by atoms with E-state index in [4.69, 9.17) is 0 Å². The van der Waals surface area contributed by atoms with Crippen LogP contribution in [0.1, 0.15) is 31.2 Å². The van der Waals surface area contributed by atoms with E-state index in [1.165, 1.54) is 53.1 Å². The van der Waals surface area contributed by atoms with Gasteiger partial charge in [0, 0.05) is 28.4 Å². The maximum Gasteiger partial charge on any atom is 0.0497 e. The van der Waals surface area contributed by atoms with Crippen LogP contribution in [0.4, 0.5) is 0 Å². The molecular weight excluding hydrogens is 266 g/mol. The number of allylic oxidation sites excluding steroid dienone is 2. The van der Waals surface area contributed by atoms with E-state index in [1.54, 1.807) is 11.1 Å². The molecule has 0 amide bonds. The average Bonchev–Trinajstić information content (AvgIpc) is 3.43. The lowest BCUT2D eigenvalue weighted by atomic mass is 10.1. The smallest absolute Gasteiger partial charge is 0.0497 e. The number of aryl methyl sites for hydroxylation is 1. The molecule has 3 aromatic rings. The van der Waals surface area contributed by atoms with Gasteiger partial charge in [-0.25, -0.2) is 0 Å². The van der Waals surface area contributed by atoms with Crippen LogP contribution in [0.2, 0.25) is 0 Å². The summed E-state index contributed by atoms with van der Waals surface area (Å²) in [5.41, 5.74) is 7.65. The average molecular weight is 287 g/mol. The molecule has 0 radical (unpaired) electrons. The minimum Gasteiger partial charge on any atom is -0.336 e. The number of aromatic nitrogens is 1. The molecule has 2 aliphatic carbocycles. The molecule has 1 nitrogen and oxygen atoms in total. The van der Waals surface area contributed by atoms with Crippen molar-refractivity contribution >= 4 is 21.8 Å². The molecule has 22 heavy (non-hydrogen) atoms. The summed E-state index contributed by atoms with van der Waals surface area (Å²) in [6.07, 6.45) is 5.52. The summed E-state index contributed by atoms with van der Waals surface area (Å²) >= 11 is 0. The second-order valence-corrected chi connectivity index (χ2v) is 7.03. The Bertz CT molecular complexity index is 916. The normalized spacial score (nSPS) is 17.4. The maximum absolute atomic E-state index is 2.57. The molecule has 2 fully saturated rings. The zero-order chi connectivity index (χ0) is 14.7. The van der Waals surface area contributed by atoms with Crippen molar-refractivity contribution in [2.45, 2.75) is 39.2 Å². The molecule has 2 aromatic carbocycles. The van der Waals surface area contributed by atoms with Crippen molar-refractivity contribution in [2.75, 3.05) is 0 Å². The van der Waals surface area contributed by atoms with E-state index in [9.17, 15) is 0 Å². The predicted molar refractivity (Wildman–Crippen MR) is 93.2 cm³/mol. The van der Waals surface area contributed by atoms with Gasteiger partial charge in [-0.05, 0) is 61.8 Å². The summed E-state index contributed by atoms with van der Waals surface area (Å²) in [4.78, 5) is 0. The minimum absolute atomic E-state index is 0.888. The molecule has 1 heteroatoms. The molecule has 0 aliphatic heterocycles. The Morgan fingerprint density at radius 3 is 2.55 bits per heavy atom. The molecule has 0 saturated heterocycles. The molecule has 0 unspecified atom stereocenters. The molecule has 0 bridgehead atoms. The van der Waals surface area contributed by atoms with Crippen molar-refractivity contribution in [2.24, 2.45) is 5.92 Å². The van der Waals surface area contributed by atoms with Gasteiger partial charge in [0.2, 0.25) is 0 Å². The summed E-state index contributed by atoms with van der Waals surface area (Å²) in [7, 11) is 0. The number of benzene rings is 2. The summed E-state index contributed by atoms with van der Waals surface area (Å²) < 4.78 is 2.57. The van der Waals surface area contributed by atoms with E-state index in [-0.39, 0.29) is 0 Å². The lowest BCUT2D eigenvalue weighted by Gasteiger charge is -2.11. The van der Waals surface area contributed by atoms with Crippen molar-refractivity contribution in [1.82, 2.24) is 4.57 Å². The van der Waals surface area contributed by atoms with Gasteiger partial charge in [-0.15, -0.1) is 0 Å². The monoisotopic (exact) mass is 287 g/mol. The fourth-order valence-corrected chi connectivity index (χ4v) is 3.84. The van der Waals surface area contributed by atoms with E-state index in [2.05, 4.69) is 54.0 Å². The Hall–Kier alpha value is -2.02. The molecule has 2 aliphatic rings. The molecule has 0 N–H and O–H groups in total. The maximum atomic E-state index is 2.57. The molecule has 110 valence electrons. The van der Waals surface area contributed by atoms with E-state index >= 15 is 0 Å². The lowest BCUT2D eigenvalue weighted by molar-refractivity contribution is 0.776. The topological polar surface area (TPSA) is 4.93 Å². The molecular formula is C21H21N. The zero-order valence-corrected chi connectivity index (χ0v) is 13.1. The summed E-state index contributed by atoms with van der Waals surface area (Å²) in [5.74, 6) is 0.888. The van der Waals surface area contributed by atoms with E-state index in [0.29, 0.717) is 0 Å². The lowest BCUT2D eigenvalue weighted by Crippen LogP contribution is -2.03. The van der Waals surface area contributed by atoms with Crippen LogP contribution < -0.4 is 0 Å². The summed E-state index contributed by atoms with van der Waals surface area (Å²) in [5, 5.41) is 2.80. The van der Waals surface area contributed by atoms with Gasteiger partial charge in [0.1, 0.15) is 0 Å². The molecule has 1 heterocycles. The fraction of sp³-hybridized carbons (Fsp3) is 0.333. The van der Waals surface area contributed by atoms with Crippen LogP contribution in [0.15, 0.2) is 53.6 Å². The minimum atomic E-state index is 0.888. The molecule has 1 aromatic heterocycles. The quantitative estimate of drug-likeness (QED) is 0.552. The number of nitrogens with zero attached hydrogens (tertiary/aromatic N) is 1. The number of fused-ring (bicyclic) bond motifs is 3. The first-order valence-electron chi connectivity index (χ1n) is 8.49. The van der Waals surface area contributed by atoms with Crippen LogP contribution in [0.3, 0.4) is 0 Å². The van der Waals surface area contributed by atoms with Crippen molar-refractivity contribution in [3.8, 4) is 0 Å². The third kappa shape index (κ3) is 1.92. The van der Waals surface area contributed by atoms with Crippen LogP contribution in [0, 0.1) is 12.8 Å². The highest BCUT2D eigenvalue weighted by atomic mass is 15.0. The highest BCUT2D eigenvalue weighted by molar-refractivity contribution is 6.08. The van der Waals surface area contributed by atoms with Crippen molar-refractivity contribution in [3.05, 3.63) is 59.2 Å². The Morgan fingerprint density at radius 1 is 1.00 bits per heavy atom. The third-order valence-electron chi connectivity index (χ3n) is 5.28. The molecule has 0 spiro atoms. The third-order valence-corrected chi connectivity index (χ3v) is 5.28. The van der Waals surface area contributed by atoms with Gasteiger partial charge in [-0.1, -0.05) is 35.9 Å². The van der Waals surface area contributed by atoms with Gasteiger partial charge in [-0.2, -0.15) is 0 Å². The molecule has 2 saturated carbocycles. The van der Waals surface area contributed by atoms with Crippen LogP contribution in [-0.4, -0.2) is 4.57 Å². The van der Waals surface area contributed by atoms with Gasteiger partial charge in [0.15, 0.2) is 0 Å². The first-order chi connectivity index (χ1) is 10.8. The summed E-state index contributed by atoms with van der Waals surface area (Å²) in [6, 6.07) is 15.8. The van der Waals surface area contributed by atoms with Crippen LogP contribution >= 0.6 is 0 Å². The second kappa shape index (κ2) is 4.49. The van der Waals surface area contributed by atoms with Gasteiger partial charge in [-0.3, -0.25) is 0 Å². The standard InChI is InChI=1S/C21H21N/c1-14-6-11-18-17-4-2-3-5-20(17)22(21(18)12-14)13-19(15-7-8-15)16-9-10-16/h2-6,11-12,15H,7-10,13H2,1H3. The Labute approximate surface area is 131 Å². The van der Waals surface area contributed by atoms with Gasteiger partial charge >= 0.3 is 0 Å². The predicted octanol–water partition coefficient (Wildman–Crippen LogP) is 5.60. The van der Waals surface area contributed by atoms with Crippen molar-refractivity contribution in [1.29, 1.82) is 0 Å². The highest BCUT2D eigenvalue weighted by Gasteiger charge is 2.32. The Morgan fingerprint density at radius 2 is 1.77 bits per heavy atom. The Balaban J connectivity index is 1.76. The Kier molecular flexibility index (Phi) is 2.55. The number of hydrogen-bond donors (Lipinski definition) is 0. The number of para-hydroxylation sites is 1. The fourth-order valence-electron chi connectivity index (χ4n) is 3.84. The van der Waals surface area contributed by atoms with Crippen molar-refractivity contribution < 1.29 is 0 Å². The zero-order valence-electron chi connectivity index (χ0n) is 13.1. The van der Waals surface area contributed by atoms with Gasteiger partial charge < -0.3 is 4.57 Å². The van der Waals surface area contributed by atoms with E-state index in [1.807, 2.05) is 0 Å². The first-order valence-corrected chi connectivity index (χ1v) is 8.49. The molecule has 5 rings (SSSR count). The van der Waals surface area contributed by atoms with Crippen LogP contribution in [0.5, 0.6) is 0 Å². The van der Waals surface area contributed by atoms with Crippen LogP contribution in [0.25, 0.3) is 21.8 Å². The molecule has 0 atom stereocenters. The largest absolute Gasteiger partial charge is 0.336 e. The SMILES string of the molecule is Cc1ccc2c3ccccc3n(CC(=C3CC3)C3CC3)c2c1. The van der Waals surface area contributed by atoms with Crippen molar-refractivity contribution in [3.63, 3.8) is 0 Å². The van der Waals surface area contributed by atoms with Gasteiger partial charge in [0.25, 0.3) is 0 Å². The number of hydrogen-bond acceptors (Lipinski definition) is 0. The first kappa shape index (κ1) is 12.5.